The Balaban J connectivity index is 0.00000259. The Labute approximate surface area is 225 Å². The number of piperazine rings is 3. The van der Waals surface area contributed by atoms with Crippen LogP contribution in [0.2, 0.25) is 0 Å². The molecule has 33 heavy (non-hydrogen) atoms. The predicted octanol–water partition coefficient (Wildman–Crippen LogP) is -13.0. The normalized spacial score (nSPS) is 43.6. The predicted molar refractivity (Wildman–Crippen MR) is 126 cm³/mol. The summed E-state index contributed by atoms with van der Waals surface area (Å²) in [5, 5.41) is 0. The van der Waals surface area contributed by atoms with Crippen molar-refractivity contribution in [2.24, 2.45) is 0 Å². The molecule has 8 bridgehead atoms. The van der Waals surface area contributed by atoms with E-state index in [4.69, 9.17) is 0 Å². The van der Waals surface area contributed by atoms with Crippen LogP contribution < -0.4 is 59.0 Å². The average Bonchev–Trinajstić information content (AvgIpc) is 2.84. The Morgan fingerprint density at radius 3 is 0.545 bits per heavy atom. The Morgan fingerprint density at radius 1 is 0.242 bits per heavy atom. The van der Waals surface area contributed by atoms with Gasteiger partial charge in [0.1, 0.15) is 78.5 Å². The van der Waals surface area contributed by atoms with Crippen LogP contribution in [-0.2, 0) is 0 Å². The molecule has 0 spiro atoms. The van der Waals surface area contributed by atoms with E-state index in [1.54, 1.807) is 0 Å². The quantitative estimate of drug-likeness (QED) is 0.196. The van der Waals surface area contributed by atoms with Crippen molar-refractivity contribution in [1.82, 2.24) is 9.80 Å². The van der Waals surface area contributed by atoms with Gasteiger partial charge in [0.15, 0.2) is 0 Å². The molecule has 0 saturated carbocycles. The van der Waals surface area contributed by atoms with Crippen LogP contribution >= 0.6 is 0 Å². The SMILES string of the molecule is C1C[NH+]2CC[NH+](CCN3CC[NH+]4CC[NH+](CCN1CC[NH+]1CC[NH+](CC3)CC1)CC4)CC2.[Na+]. The summed E-state index contributed by atoms with van der Waals surface area (Å²) < 4.78 is 0. The van der Waals surface area contributed by atoms with E-state index in [0.29, 0.717) is 0 Å². The smallest absolute Gasteiger partial charge is 0.325 e. The molecule has 8 nitrogen and oxygen atoms in total. The van der Waals surface area contributed by atoms with Gasteiger partial charge in [-0.1, -0.05) is 0 Å². The second-order valence-corrected chi connectivity index (χ2v) is 11.7. The third kappa shape index (κ3) is 8.35. The summed E-state index contributed by atoms with van der Waals surface area (Å²) in [6, 6.07) is 0. The van der Waals surface area contributed by atoms with Gasteiger partial charge in [0, 0.05) is 39.3 Å². The van der Waals surface area contributed by atoms with Gasteiger partial charge in [-0.3, -0.25) is 9.80 Å². The average molecular weight is 478 g/mol. The molecule has 0 atom stereocenters. The second-order valence-electron chi connectivity index (χ2n) is 11.7. The third-order valence-electron chi connectivity index (χ3n) is 9.68. The molecule has 15 rings (SSSR count). The molecule has 6 N–H and O–H groups in total. The van der Waals surface area contributed by atoms with Gasteiger partial charge in [0.25, 0.3) is 0 Å². The topological polar surface area (TPSA) is 33.1 Å². The van der Waals surface area contributed by atoms with Crippen molar-refractivity contribution in [2.75, 3.05) is 157 Å². The van der Waals surface area contributed by atoms with E-state index >= 15 is 0 Å². The van der Waals surface area contributed by atoms with Crippen molar-refractivity contribution in [1.29, 1.82) is 0 Å². The van der Waals surface area contributed by atoms with E-state index < -0.39 is 0 Å². The molecule has 0 radical (unpaired) electrons. The molecule has 184 valence electrons. The second kappa shape index (κ2) is 13.8. The van der Waals surface area contributed by atoms with E-state index in [-0.39, 0.29) is 29.6 Å². The van der Waals surface area contributed by atoms with Crippen molar-refractivity contribution in [3.63, 3.8) is 0 Å². The van der Waals surface area contributed by atoms with Crippen molar-refractivity contribution in [2.45, 2.75) is 0 Å². The zero-order valence-electron chi connectivity index (χ0n) is 21.9. The van der Waals surface area contributed by atoms with E-state index in [1.807, 2.05) is 29.4 Å². The minimum absolute atomic E-state index is 0. The van der Waals surface area contributed by atoms with E-state index in [0.717, 1.165) is 0 Å². The van der Waals surface area contributed by atoms with Gasteiger partial charge in [-0.25, -0.2) is 0 Å². The molecule has 15 aliphatic rings. The van der Waals surface area contributed by atoms with Crippen LogP contribution in [0.3, 0.4) is 0 Å². The molecule has 0 aromatic heterocycles. The van der Waals surface area contributed by atoms with E-state index in [9.17, 15) is 0 Å². The molecular formula is C24H54N8Na+7. The summed E-state index contributed by atoms with van der Waals surface area (Å²) >= 11 is 0. The fourth-order valence-corrected chi connectivity index (χ4v) is 6.94. The molecule has 0 aromatic rings. The maximum atomic E-state index is 2.87. The molecule has 0 aromatic carbocycles. The standard InChI is InChI=1S/C24H48N8.Na/c1-2-26-4-3-25(1)13-19-31-21-15-27-5-9-29(10-6-27)17-23-32(20-14-26)24-18-30-11-7-28(8-12-30)16-22-31;/h1-24H2;/q;+1/p+6. The minimum Gasteiger partial charge on any atom is -0.325 e. The molecular weight excluding hydrogens is 423 g/mol. The zero-order valence-corrected chi connectivity index (χ0v) is 23.9. The van der Waals surface area contributed by atoms with Crippen LogP contribution in [0, 0.1) is 0 Å². The Hall–Kier alpha value is 0.680. The number of hydrogen-bond donors (Lipinski definition) is 6. The monoisotopic (exact) mass is 477 g/mol. The van der Waals surface area contributed by atoms with Gasteiger partial charge in [-0.05, 0) is 0 Å². The van der Waals surface area contributed by atoms with Gasteiger partial charge in [0.05, 0.1) is 39.3 Å². The summed E-state index contributed by atoms with van der Waals surface area (Å²) in [5.74, 6) is 0. The maximum Gasteiger partial charge on any atom is 1.00 e. The van der Waals surface area contributed by atoms with Crippen molar-refractivity contribution in [3.05, 3.63) is 0 Å². The summed E-state index contributed by atoms with van der Waals surface area (Å²) in [4.78, 5) is 17.0. The maximum absolute atomic E-state index is 2.87. The van der Waals surface area contributed by atoms with Gasteiger partial charge in [-0.2, -0.15) is 0 Å². The first kappa shape index (κ1) is 26.7. The van der Waals surface area contributed by atoms with Crippen LogP contribution in [-0.4, -0.2) is 167 Å². The number of quaternary nitrogens is 6. The number of rotatable bonds is 0. The first-order valence-electron chi connectivity index (χ1n) is 14.3. The zero-order chi connectivity index (χ0) is 21.6. The van der Waals surface area contributed by atoms with Crippen molar-refractivity contribution < 1.29 is 59.0 Å². The number of nitrogens with zero attached hydrogens (tertiary/aromatic N) is 2. The fourth-order valence-electron chi connectivity index (χ4n) is 6.94. The fraction of sp³-hybridized carbons (Fsp3) is 1.00. The first-order valence-corrected chi connectivity index (χ1v) is 14.3. The van der Waals surface area contributed by atoms with Crippen LogP contribution in [0.25, 0.3) is 0 Å². The van der Waals surface area contributed by atoms with Crippen LogP contribution in [0.5, 0.6) is 0 Å². The van der Waals surface area contributed by atoms with Gasteiger partial charge in [0.2, 0.25) is 0 Å². The molecule has 15 aliphatic heterocycles. The minimum atomic E-state index is 0. The van der Waals surface area contributed by atoms with Crippen LogP contribution in [0.1, 0.15) is 0 Å². The van der Waals surface area contributed by atoms with E-state index in [2.05, 4.69) is 9.80 Å². The molecule has 0 unspecified atom stereocenters. The molecule has 0 amide bonds. The molecule has 9 heteroatoms. The summed E-state index contributed by atoms with van der Waals surface area (Å²) in [6.07, 6.45) is 0. The first-order chi connectivity index (χ1) is 15.8. The largest absolute Gasteiger partial charge is 1.00 e. The van der Waals surface area contributed by atoms with Gasteiger partial charge in [-0.15, -0.1) is 0 Å². The molecule has 0 aliphatic carbocycles. The number of nitrogens with one attached hydrogen (secondary N) is 6. The van der Waals surface area contributed by atoms with Gasteiger partial charge < -0.3 is 29.4 Å². The molecule has 15 heterocycles. The third-order valence-corrected chi connectivity index (χ3v) is 9.68. The van der Waals surface area contributed by atoms with Gasteiger partial charge >= 0.3 is 29.6 Å². The molecule has 15 fully saturated rings. The molecule has 15 saturated heterocycles. The summed E-state index contributed by atoms with van der Waals surface area (Å²) in [5.41, 5.74) is 0. The Bertz CT molecular complexity index is 421. The van der Waals surface area contributed by atoms with Crippen molar-refractivity contribution >= 4 is 0 Å². The van der Waals surface area contributed by atoms with E-state index in [1.165, 1.54) is 157 Å². The Morgan fingerprint density at radius 2 is 0.394 bits per heavy atom. The summed E-state index contributed by atoms with van der Waals surface area (Å²) in [6.45, 7) is 33.0. The van der Waals surface area contributed by atoms with Crippen LogP contribution in [0.4, 0.5) is 0 Å². The van der Waals surface area contributed by atoms with Crippen LogP contribution in [0.15, 0.2) is 0 Å². The Kier molecular flexibility index (Phi) is 11.2. The van der Waals surface area contributed by atoms with Crippen molar-refractivity contribution in [3.8, 4) is 0 Å². The number of hydrogen-bond acceptors (Lipinski definition) is 2. The summed E-state index contributed by atoms with van der Waals surface area (Å²) in [7, 11) is 0.